The summed E-state index contributed by atoms with van der Waals surface area (Å²) < 4.78 is 48.3. The molecule has 1 saturated heterocycles. The Labute approximate surface area is 178 Å². The van der Waals surface area contributed by atoms with Gasteiger partial charge in [0.15, 0.2) is 0 Å². The maximum absolute atomic E-state index is 13.9. The SMILES string of the molecule is COc1ccc(S(=O)(=O)N2C[C@@H](C)[C@@H](n3nc(CC(=O)O)c4ccc(F)cc43)C2)cc1. The average molecular weight is 447 g/mol. The van der Waals surface area contributed by atoms with Crippen LogP contribution in [-0.2, 0) is 21.2 Å². The van der Waals surface area contributed by atoms with Crippen molar-refractivity contribution in [3.05, 3.63) is 54.0 Å². The van der Waals surface area contributed by atoms with E-state index >= 15 is 0 Å². The molecule has 164 valence electrons. The Morgan fingerprint density at radius 3 is 2.58 bits per heavy atom. The van der Waals surface area contributed by atoms with Gasteiger partial charge in [0, 0.05) is 18.5 Å². The summed E-state index contributed by atoms with van der Waals surface area (Å²) in [6.45, 7) is 2.32. The lowest BCUT2D eigenvalue weighted by atomic mass is 10.1. The number of rotatable bonds is 6. The van der Waals surface area contributed by atoms with Gasteiger partial charge in [0.25, 0.3) is 0 Å². The number of nitrogens with zero attached hydrogens (tertiary/aromatic N) is 3. The van der Waals surface area contributed by atoms with Gasteiger partial charge in [-0.3, -0.25) is 9.48 Å². The highest BCUT2D eigenvalue weighted by atomic mass is 32.2. The first-order valence-electron chi connectivity index (χ1n) is 9.73. The van der Waals surface area contributed by atoms with E-state index in [0.29, 0.717) is 22.3 Å². The summed E-state index contributed by atoms with van der Waals surface area (Å²) in [6.07, 6.45) is -0.301. The van der Waals surface area contributed by atoms with Gasteiger partial charge in [0.2, 0.25) is 10.0 Å². The van der Waals surface area contributed by atoms with Crippen molar-refractivity contribution in [2.75, 3.05) is 20.2 Å². The van der Waals surface area contributed by atoms with Gasteiger partial charge in [-0.25, -0.2) is 12.8 Å². The number of halogens is 1. The fourth-order valence-corrected chi connectivity index (χ4v) is 5.58. The second kappa shape index (κ2) is 7.93. The van der Waals surface area contributed by atoms with Gasteiger partial charge in [-0.05, 0) is 48.4 Å². The first kappa shape index (κ1) is 21.3. The lowest BCUT2D eigenvalue weighted by molar-refractivity contribution is -0.136. The summed E-state index contributed by atoms with van der Waals surface area (Å²) in [5.74, 6) is -1.07. The number of aromatic nitrogens is 2. The molecule has 3 aromatic rings. The van der Waals surface area contributed by atoms with Crippen molar-refractivity contribution in [1.82, 2.24) is 14.1 Å². The molecule has 1 N–H and O–H groups in total. The Morgan fingerprint density at radius 2 is 1.94 bits per heavy atom. The first-order chi connectivity index (χ1) is 14.7. The zero-order chi connectivity index (χ0) is 22.3. The van der Waals surface area contributed by atoms with Gasteiger partial charge in [-0.15, -0.1) is 0 Å². The van der Waals surface area contributed by atoms with Crippen molar-refractivity contribution in [2.45, 2.75) is 24.3 Å². The molecule has 2 aromatic carbocycles. The molecule has 0 saturated carbocycles. The number of carbonyl (C=O) groups is 1. The van der Waals surface area contributed by atoms with Crippen LogP contribution >= 0.6 is 0 Å². The number of hydrogen-bond donors (Lipinski definition) is 1. The van der Waals surface area contributed by atoms with Crippen molar-refractivity contribution < 1.29 is 27.4 Å². The van der Waals surface area contributed by atoms with Gasteiger partial charge >= 0.3 is 5.97 Å². The van der Waals surface area contributed by atoms with E-state index in [1.54, 1.807) is 16.8 Å². The lowest BCUT2D eigenvalue weighted by Crippen LogP contribution is -2.29. The third kappa shape index (κ3) is 3.88. The summed E-state index contributed by atoms with van der Waals surface area (Å²) in [4.78, 5) is 11.4. The maximum Gasteiger partial charge on any atom is 0.309 e. The molecule has 0 aliphatic carbocycles. The van der Waals surface area contributed by atoms with Gasteiger partial charge in [-0.1, -0.05) is 6.92 Å². The van der Waals surface area contributed by atoms with Gasteiger partial charge in [0.05, 0.1) is 35.7 Å². The van der Waals surface area contributed by atoms with Crippen LogP contribution in [0.25, 0.3) is 10.9 Å². The van der Waals surface area contributed by atoms with E-state index in [0.717, 1.165) is 0 Å². The van der Waals surface area contributed by atoms with E-state index in [1.165, 1.54) is 41.7 Å². The Balaban J connectivity index is 1.69. The molecule has 10 heteroatoms. The molecule has 0 radical (unpaired) electrons. The Bertz CT molecular complexity index is 1240. The number of hydrogen-bond acceptors (Lipinski definition) is 5. The molecule has 1 aliphatic rings. The molecule has 0 amide bonds. The second-order valence-electron chi connectivity index (χ2n) is 7.67. The van der Waals surface area contributed by atoms with E-state index in [-0.39, 0.29) is 36.4 Å². The highest BCUT2D eigenvalue weighted by Crippen LogP contribution is 2.35. The van der Waals surface area contributed by atoms with Crippen molar-refractivity contribution in [3.8, 4) is 5.75 Å². The third-order valence-electron chi connectivity index (χ3n) is 5.62. The molecule has 8 nitrogen and oxygen atoms in total. The molecule has 1 fully saturated rings. The minimum atomic E-state index is -3.74. The number of benzene rings is 2. The standard InChI is InChI=1S/C21H22FN3O5S/c1-13-11-24(31(28,29)16-6-4-15(30-2)5-7-16)12-20(13)25-19-9-14(22)3-8-17(19)18(23-25)10-21(26)27/h3-9,13,20H,10-12H2,1-2H3,(H,26,27)/t13-,20+/m1/s1. The largest absolute Gasteiger partial charge is 0.497 e. The highest BCUT2D eigenvalue weighted by Gasteiger charge is 2.39. The third-order valence-corrected chi connectivity index (χ3v) is 7.46. The van der Waals surface area contributed by atoms with Crippen LogP contribution in [0.4, 0.5) is 4.39 Å². The topological polar surface area (TPSA) is 102 Å². The van der Waals surface area contributed by atoms with E-state index < -0.39 is 21.8 Å². The molecule has 1 aromatic heterocycles. The molecule has 31 heavy (non-hydrogen) atoms. The first-order valence-corrected chi connectivity index (χ1v) is 11.2. The molecule has 0 unspecified atom stereocenters. The number of ether oxygens (including phenoxy) is 1. The summed E-state index contributed by atoms with van der Waals surface area (Å²) in [7, 11) is -2.24. The van der Waals surface area contributed by atoms with Crippen LogP contribution in [0.5, 0.6) is 5.75 Å². The van der Waals surface area contributed by atoms with Crippen LogP contribution in [0.1, 0.15) is 18.7 Å². The van der Waals surface area contributed by atoms with Gasteiger partial charge < -0.3 is 9.84 Å². The number of fused-ring (bicyclic) bond motifs is 1. The Kier molecular flexibility index (Phi) is 5.44. The minimum Gasteiger partial charge on any atom is -0.497 e. The Morgan fingerprint density at radius 1 is 1.23 bits per heavy atom. The van der Waals surface area contributed by atoms with Crippen LogP contribution in [0.3, 0.4) is 0 Å². The molecule has 2 atom stereocenters. The molecule has 4 rings (SSSR count). The van der Waals surface area contributed by atoms with E-state index in [9.17, 15) is 22.7 Å². The minimum absolute atomic E-state index is 0.114. The molecule has 0 bridgehead atoms. The van der Waals surface area contributed by atoms with Crippen molar-refractivity contribution in [3.63, 3.8) is 0 Å². The Hall–Kier alpha value is -2.98. The van der Waals surface area contributed by atoms with Crippen LogP contribution in [0.15, 0.2) is 47.4 Å². The molecule has 2 heterocycles. The van der Waals surface area contributed by atoms with Crippen molar-refractivity contribution in [1.29, 1.82) is 0 Å². The number of carboxylic acid groups (broad SMARTS) is 1. The summed E-state index contributed by atoms with van der Waals surface area (Å²) in [5, 5.41) is 14.2. The number of methoxy groups -OCH3 is 1. The second-order valence-corrected chi connectivity index (χ2v) is 9.60. The molecular formula is C21H22FN3O5S. The summed E-state index contributed by atoms with van der Waals surface area (Å²) in [6, 6.07) is 9.89. The van der Waals surface area contributed by atoms with E-state index in [1.807, 2.05) is 6.92 Å². The summed E-state index contributed by atoms with van der Waals surface area (Å²) in [5.41, 5.74) is 0.781. The van der Waals surface area contributed by atoms with Gasteiger partial charge in [0.1, 0.15) is 11.6 Å². The average Bonchev–Trinajstić information content (AvgIpc) is 3.28. The normalized spacial score (nSPS) is 19.7. The van der Waals surface area contributed by atoms with Crippen LogP contribution in [0, 0.1) is 11.7 Å². The number of carboxylic acids is 1. The number of aliphatic carboxylic acids is 1. The maximum atomic E-state index is 13.9. The lowest BCUT2D eigenvalue weighted by Gasteiger charge is -2.18. The number of sulfonamides is 1. The van der Waals surface area contributed by atoms with Crippen LogP contribution in [-0.4, -0.2) is 53.8 Å². The molecule has 1 aliphatic heterocycles. The van der Waals surface area contributed by atoms with Crippen LogP contribution < -0.4 is 4.74 Å². The zero-order valence-electron chi connectivity index (χ0n) is 17.0. The van der Waals surface area contributed by atoms with Crippen molar-refractivity contribution >= 4 is 26.9 Å². The fraction of sp³-hybridized carbons (Fsp3) is 0.333. The molecule has 0 spiro atoms. The molecular weight excluding hydrogens is 425 g/mol. The fourth-order valence-electron chi connectivity index (χ4n) is 4.02. The van der Waals surface area contributed by atoms with Crippen LogP contribution in [0.2, 0.25) is 0 Å². The predicted octanol–water partition coefficient (Wildman–Crippen LogP) is 2.69. The van der Waals surface area contributed by atoms with E-state index in [2.05, 4.69) is 5.10 Å². The zero-order valence-corrected chi connectivity index (χ0v) is 17.8. The predicted molar refractivity (Wildman–Crippen MR) is 111 cm³/mol. The quantitative estimate of drug-likeness (QED) is 0.623. The summed E-state index contributed by atoms with van der Waals surface area (Å²) >= 11 is 0. The smallest absolute Gasteiger partial charge is 0.309 e. The highest BCUT2D eigenvalue weighted by molar-refractivity contribution is 7.89. The van der Waals surface area contributed by atoms with E-state index in [4.69, 9.17) is 4.74 Å². The van der Waals surface area contributed by atoms with Gasteiger partial charge in [-0.2, -0.15) is 9.40 Å². The monoisotopic (exact) mass is 447 g/mol. The van der Waals surface area contributed by atoms with Crippen molar-refractivity contribution in [2.24, 2.45) is 5.92 Å².